The Balaban J connectivity index is 2.08. The Kier molecular flexibility index (Phi) is 3.24. The number of likely N-dealkylation sites (tertiary alicyclic amines) is 1. The summed E-state index contributed by atoms with van der Waals surface area (Å²) in [5, 5.41) is 0. The van der Waals surface area contributed by atoms with Crippen molar-refractivity contribution in [2.45, 2.75) is 25.7 Å². The van der Waals surface area contributed by atoms with E-state index in [1.165, 1.54) is 0 Å². The minimum absolute atomic E-state index is 0.0819. The van der Waals surface area contributed by atoms with Crippen LogP contribution in [-0.4, -0.2) is 31.5 Å². The third-order valence-electron chi connectivity index (χ3n) is 2.28. The largest absolute Gasteiger partial charge is 0.306 e. The highest BCUT2D eigenvalue weighted by Crippen LogP contribution is 2.21. The molecule has 0 aromatic carbocycles. The maximum absolute atomic E-state index is 11.8. The maximum atomic E-state index is 11.8. The second-order valence-corrected chi connectivity index (χ2v) is 3.39. The van der Waals surface area contributed by atoms with Crippen LogP contribution in [-0.2, 0) is 0 Å². The first-order chi connectivity index (χ1) is 5.18. The molecule has 0 aromatic rings. The Morgan fingerprint density at radius 1 is 1.55 bits per heavy atom. The minimum Gasteiger partial charge on any atom is -0.306 e. The summed E-state index contributed by atoms with van der Waals surface area (Å²) in [7, 11) is 2.04. The van der Waals surface area contributed by atoms with Gasteiger partial charge in [-0.2, -0.15) is 0 Å². The number of nitrogens with zero attached hydrogens (tertiary/aromatic N) is 1. The molecule has 66 valence electrons. The minimum atomic E-state index is -2.11. The normalized spacial score (nSPS) is 26.7. The van der Waals surface area contributed by atoms with Gasteiger partial charge in [0.1, 0.15) is 0 Å². The van der Waals surface area contributed by atoms with Gasteiger partial charge in [0, 0.05) is 13.0 Å². The lowest BCUT2D eigenvalue weighted by molar-refractivity contribution is 0.128. The molecule has 1 unspecified atom stereocenters. The second-order valence-electron chi connectivity index (χ2n) is 3.39. The summed E-state index contributed by atoms with van der Waals surface area (Å²) in [5.74, 6) is 0.522. The summed E-state index contributed by atoms with van der Waals surface area (Å²) in [6.07, 6.45) is -0.232. The highest BCUT2D eigenvalue weighted by atomic mass is 19.3. The standard InChI is InChI=1S/C8H15F2N/c1-11-5-4-7(6-11)2-3-8(9)10/h7-8H,2-6H2,1H3. The lowest BCUT2D eigenvalue weighted by Crippen LogP contribution is -2.14. The molecule has 1 saturated heterocycles. The van der Waals surface area contributed by atoms with E-state index in [-0.39, 0.29) is 6.42 Å². The fourth-order valence-corrected chi connectivity index (χ4v) is 1.62. The molecule has 1 rings (SSSR count). The maximum Gasteiger partial charge on any atom is 0.238 e. The zero-order valence-electron chi connectivity index (χ0n) is 6.89. The van der Waals surface area contributed by atoms with Gasteiger partial charge in [-0.25, -0.2) is 8.78 Å². The number of alkyl halides is 2. The highest BCUT2D eigenvalue weighted by molar-refractivity contribution is 4.72. The lowest BCUT2D eigenvalue weighted by Gasteiger charge is -2.09. The molecule has 1 nitrogen and oxygen atoms in total. The van der Waals surface area contributed by atoms with Crippen molar-refractivity contribution in [2.24, 2.45) is 5.92 Å². The van der Waals surface area contributed by atoms with E-state index < -0.39 is 6.43 Å². The fourth-order valence-electron chi connectivity index (χ4n) is 1.62. The van der Waals surface area contributed by atoms with Crippen LogP contribution in [0.4, 0.5) is 8.78 Å². The Labute approximate surface area is 66.4 Å². The van der Waals surface area contributed by atoms with E-state index in [2.05, 4.69) is 4.90 Å². The van der Waals surface area contributed by atoms with Crippen molar-refractivity contribution in [3.05, 3.63) is 0 Å². The van der Waals surface area contributed by atoms with E-state index in [0.29, 0.717) is 12.3 Å². The molecule has 1 aliphatic heterocycles. The van der Waals surface area contributed by atoms with Gasteiger partial charge in [-0.05, 0) is 32.4 Å². The molecule has 1 atom stereocenters. The molecule has 1 heterocycles. The van der Waals surface area contributed by atoms with Crippen LogP contribution in [0.15, 0.2) is 0 Å². The first-order valence-electron chi connectivity index (χ1n) is 4.15. The summed E-state index contributed by atoms with van der Waals surface area (Å²) in [6, 6.07) is 0. The van der Waals surface area contributed by atoms with Crippen molar-refractivity contribution in [1.29, 1.82) is 0 Å². The Morgan fingerprint density at radius 3 is 2.73 bits per heavy atom. The van der Waals surface area contributed by atoms with Crippen molar-refractivity contribution < 1.29 is 8.78 Å². The quantitative estimate of drug-likeness (QED) is 0.615. The van der Waals surface area contributed by atoms with Crippen LogP contribution in [0.3, 0.4) is 0 Å². The van der Waals surface area contributed by atoms with Crippen LogP contribution < -0.4 is 0 Å². The summed E-state index contributed by atoms with van der Waals surface area (Å²) >= 11 is 0. The molecule has 0 amide bonds. The fraction of sp³-hybridized carbons (Fsp3) is 1.00. The number of hydrogen-bond acceptors (Lipinski definition) is 1. The average molecular weight is 163 g/mol. The van der Waals surface area contributed by atoms with Gasteiger partial charge < -0.3 is 4.90 Å². The summed E-state index contributed by atoms with van der Waals surface area (Å²) in [5.41, 5.74) is 0. The van der Waals surface area contributed by atoms with Crippen LogP contribution in [0.1, 0.15) is 19.3 Å². The molecule has 0 bridgehead atoms. The predicted molar refractivity (Wildman–Crippen MR) is 40.8 cm³/mol. The van der Waals surface area contributed by atoms with Gasteiger partial charge in [-0.15, -0.1) is 0 Å². The van der Waals surface area contributed by atoms with Crippen LogP contribution in [0.5, 0.6) is 0 Å². The number of halogens is 2. The number of hydrogen-bond donors (Lipinski definition) is 0. The first-order valence-corrected chi connectivity index (χ1v) is 4.15. The topological polar surface area (TPSA) is 3.24 Å². The highest BCUT2D eigenvalue weighted by Gasteiger charge is 2.20. The molecule has 0 N–H and O–H groups in total. The van der Waals surface area contributed by atoms with Crippen LogP contribution >= 0.6 is 0 Å². The first kappa shape index (κ1) is 8.91. The monoisotopic (exact) mass is 163 g/mol. The van der Waals surface area contributed by atoms with Crippen LogP contribution in [0.25, 0.3) is 0 Å². The van der Waals surface area contributed by atoms with E-state index in [0.717, 1.165) is 19.5 Å². The SMILES string of the molecule is CN1CCC(CCC(F)F)C1. The average Bonchev–Trinajstić information content (AvgIpc) is 2.31. The Hall–Kier alpha value is -0.180. The third kappa shape index (κ3) is 3.14. The van der Waals surface area contributed by atoms with Gasteiger partial charge in [0.05, 0.1) is 0 Å². The molecule has 1 fully saturated rings. The van der Waals surface area contributed by atoms with Gasteiger partial charge in [-0.1, -0.05) is 0 Å². The Morgan fingerprint density at radius 2 is 2.27 bits per heavy atom. The summed E-state index contributed by atoms with van der Waals surface area (Å²) in [4.78, 5) is 2.20. The van der Waals surface area contributed by atoms with Crippen molar-refractivity contribution in [2.75, 3.05) is 20.1 Å². The van der Waals surface area contributed by atoms with E-state index in [9.17, 15) is 8.78 Å². The van der Waals surface area contributed by atoms with Crippen molar-refractivity contribution in [1.82, 2.24) is 4.90 Å². The van der Waals surface area contributed by atoms with E-state index >= 15 is 0 Å². The van der Waals surface area contributed by atoms with E-state index in [1.54, 1.807) is 0 Å². The van der Waals surface area contributed by atoms with Crippen LogP contribution in [0, 0.1) is 5.92 Å². The van der Waals surface area contributed by atoms with Gasteiger partial charge >= 0.3 is 0 Å². The second kappa shape index (κ2) is 4.00. The van der Waals surface area contributed by atoms with Gasteiger partial charge in [0.15, 0.2) is 0 Å². The molecular formula is C8H15F2N. The molecule has 1 aliphatic rings. The van der Waals surface area contributed by atoms with E-state index in [4.69, 9.17) is 0 Å². The smallest absolute Gasteiger partial charge is 0.238 e. The molecule has 0 saturated carbocycles. The van der Waals surface area contributed by atoms with Crippen molar-refractivity contribution in [3.63, 3.8) is 0 Å². The van der Waals surface area contributed by atoms with Crippen LogP contribution in [0.2, 0.25) is 0 Å². The van der Waals surface area contributed by atoms with Crippen molar-refractivity contribution in [3.8, 4) is 0 Å². The number of rotatable bonds is 3. The van der Waals surface area contributed by atoms with E-state index in [1.807, 2.05) is 7.05 Å². The van der Waals surface area contributed by atoms with Crippen molar-refractivity contribution >= 4 is 0 Å². The lowest BCUT2D eigenvalue weighted by atomic mass is 10.0. The van der Waals surface area contributed by atoms with Gasteiger partial charge in [0.2, 0.25) is 6.43 Å². The molecule has 3 heteroatoms. The Bertz CT molecular complexity index is 117. The zero-order chi connectivity index (χ0) is 8.27. The van der Waals surface area contributed by atoms with Gasteiger partial charge in [-0.3, -0.25) is 0 Å². The van der Waals surface area contributed by atoms with Gasteiger partial charge in [0.25, 0.3) is 0 Å². The third-order valence-corrected chi connectivity index (χ3v) is 2.28. The summed E-state index contributed by atoms with van der Waals surface area (Å²) in [6.45, 7) is 2.08. The summed E-state index contributed by atoms with van der Waals surface area (Å²) < 4.78 is 23.5. The predicted octanol–water partition coefficient (Wildman–Crippen LogP) is 1.98. The molecule has 0 aromatic heterocycles. The zero-order valence-corrected chi connectivity index (χ0v) is 6.89. The molecule has 11 heavy (non-hydrogen) atoms. The molecule has 0 aliphatic carbocycles. The molecule has 0 spiro atoms. The molecule has 0 radical (unpaired) electrons. The molecular weight excluding hydrogens is 148 g/mol.